The van der Waals surface area contributed by atoms with Crippen LogP contribution in [0.25, 0.3) is 22.6 Å². The van der Waals surface area contributed by atoms with E-state index in [-0.39, 0.29) is 17.9 Å². The summed E-state index contributed by atoms with van der Waals surface area (Å²) in [6, 6.07) is 8.14. The van der Waals surface area contributed by atoms with Gasteiger partial charge in [0.05, 0.1) is 29.3 Å². The van der Waals surface area contributed by atoms with Crippen LogP contribution in [0.4, 0.5) is 11.4 Å². The maximum Gasteiger partial charge on any atom is 0.309 e. The molecule has 1 aliphatic heterocycles. The van der Waals surface area contributed by atoms with Gasteiger partial charge in [0.25, 0.3) is 0 Å². The molecule has 3 N–H and O–H groups in total. The predicted octanol–water partition coefficient (Wildman–Crippen LogP) is 3.91. The van der Waals surface area contributed by atoms with Crippen LogP contribution >= 0.6 is 15.9 Å². The van der Waals surface area contributed by atoms with E-state index in [1.165, 1.54) is 0 Å². The van der Waals surface area contributed by atoms with Crippen LogP contribution in [-0.2, 0) is 9.53 Å². The number of aromatic nitrogens is 3. The second-order valence-corrected chi connectivity index (χ2v) is 9.75. The van der Waals surface area contributed by atoms with E-state index in [9.17, 15) is 9.90 Å². The monoisotopic (exact) mass is 509 g/mol. The Bertz CT molecular complexity index is 1250. The number of nitrogens with one attached hydrogen (secondary N) is 2. The number of fused-ring (bicyclic) bond motifs is 3. The van der Waals surface area contributed by atoms with Crippen molar-refractivity contribution in [2.45, 2.75) is 12.5 Å². The van der Waals surface area contributed by atoms with Crippen molar-refractivity contribution in [2.75, 3.05) is 36.5 Å². The van der Waals surface area contributed by atoms with Crippen molar-refractivity contribution in [3.8, 4) is 11.4 Å². The molecule has 2 fully saturated rings. The number of nitrogens with zero attached hydrogens (tertiary/aromatic N) is 3. The van der Waals surface area contributed by atoms with E-state index in [1.807, 2.05) is 12.1 Å². The number of aromatic amines is 1. The number of imidazole rings is 1. The molecular weight excluding hydrogens is 486 g/mol. The predicted molar refractivity (Wildman–Crippen MR) is 129 cm³/mol. The van der Waals surface area contributed by atoms with E-state index in [0.717, 1.165) is 65.5 Å². The molecule has 0 unspecified atom stereocenters. The summed E-state index contributed by atoms with van der Waals surface area (Å²) in [4.78, 5) is 26.9. The number of morpholine rings is 1. The molecular formula is C24H24BrN5O3. The molecule has 170 valence electrons. The highest BCUT2D eigenvalue weighted by Gasteiger charge is 2.48. The molecule has 3 aliphatic rings. The minimum atomic E-state index is -0.754. The van der Waals surface area contributed by atoms with E-state index < -0.39 is 11.9 Å². The van der Waals surface area contributed by atoms with Crippen LogP contribution in [0, 0.1) is 17.8 Å². The SMILES string of the molecule is O=C(O)[C@@H]1[C@H](Nc2c(Br)cnc3nc(-c4cccc(N5CCOCC5)c4)[nH]c23)[C@H]2C=C[C@@H]1C2. The highest BCUT2D eigenvalue weighted by atomic mass is 79.9. The van der Waals surface area contributed by atoms with Crippen molar-refractivity contribution in [1.82, 2.24) is 15.0 Å². The van der Waals surface area contributed by atoms with Crippen LogP contribution in [0.15, 0.2) is 47.1 Å². The zero-order valence-electron chi connectivity index (χ0n) is 17.9. The summed E-state index contributed by atoms with van der Waals surface area (Å²) in [5.41, 5.74) is 4.29. The van der Waals surface area contributed by atoms with Crippen molar-refractivity contribution in [1.29, 1.82) is 0 Å². The Kier molecular flexibility index (Phi) is 5.10. The summed E-state index contributed by atoms with van der Waals surface area (Å²) in [7, 11) is 0. The average Bonchev–Trinajstić information content (AvgIpc) is 3.56. The molecule has 0 radical (unpaired) electrons. The highest BCUT2D eigenvalue weighted by molar-refractivity contribution is 9.10. The van der Waals surface area contributed by atoms with Gasteiger partial charge in [-0.25, -0.2) is 9.97 Å². The molecule has 1 saturated carbocycles. The first kappa shape index (κ1) is 20.7. The molecule has 1 saturated heterocycles. The normalized spacial score (nSPS) is 26.3. The summed E-state index contributed by atoms with van der Waals surface area (Å²) < 4.78 is 6.26. The minimum absolute atomic E-state index is 0.0846. The van der Waals surface area contributed by atoms with Gasteiger partial charge in [-0.1, -0.05) is 24.3 Å². The van der Waals surface area contributed by atoms with Gasteiger partial charge in [0.2, 0.25) is 0 Å². The number of H-pyrrole nitrogens is 1. The number of carboxylic acid groups (broad SMARTS) is 1. The Hall–Kier alpha value is -2.91. The van der Waals surface area contributed by atoms with Gasteiger partial charge >= 0.3 is 5.97 Å². The van der Waals surface area contributed by atoms with Crippen molar-refractivity contribution in [3.05, 3.63) is 47.1 Å². The number of ether oxygens (including phenoxy) is 1. The largest absolute Gasteiger partial charge is 0.481 e. The lowest BCUT2D eigenvalue weighted by molar-refractivity contribution is -0.142. The van der Waals surface area contributed by atoms with Crippen molar-refractivity contribution in [2.24, 2.45) is 17.8 Å². The van der Waals surface area contributed by atoms with E-state index in [0.29, 0.717) is 5.65 Å². The van der Waals surface area contributed by atoms with Gasteiger partial charge in [-0.3, -0.25) is 4.79 Å². The van der Waals surface area contributed by atoms with Gasteiger partial charge in [-0.15, -0.1) is 0 Å². The Morgan fingerprint density at radius 3 is 2.88 bits per heavy atom. The fraction of sp³-hybridized carbons (Fsp3) is 0.375. The number of carbonyl (C=O) groups is 1. The van der Waals surface area contributed by atoms with Crippen LogP contribution in [0.5, 0.6) is 0 Å². The van der Waals surface area contributed by atoms with Crippen LogP contribution in [0.2, 0.25) is 0 Å². The summed E-state index contributed by atoms with van der Waals surface area (Å²) in [5.74, 6) is -0.171. The third-order valence-corrected chi connectivity index (χ3v) is 7.63. The number of carboxylic acids is 1. The Morgan fingerprint density at radius 1 is 1.24 bits per heavy atom. The fourth-order valence-electron chi connectivity index (χ4n) is 5.41. The van der Waals surface area contributed by atoms with Gasteiger partial charge in [0.1, 0.15) is 11.3 Å². The summed E-state index contributed by atoms with van der Waals surface area (Å²) in [6.07, 6.45) is 6.79. The molecule has 8 nitrogen and oxygen atoms in total. The number of hydrogen-bond acceptors (Lipinski definition) is 6. The van der Waals surface area contributed by atoms with Gasteiger partial charge in [0, 0.05) is 36.6 Å². The van der Waals surface area contributed by atoms with E-state index in [4.69, 9.17) is 9.72 Å². The maximum atomic E-state index is 12.0. The standard InChI is InChI=1S/C24H24BrN5O3/c25-17-12-26-23-21(20(17)27-19-14-5-4-13(10-14)18(19)24(31)32)28-22(29-23)15-2-1-3-16(11-15)30-6-8-33-9-7-30/h1-5,11-14,18-19H,6-10H2,(H,31,32)(H2,26,27,28,29)/t13-,14+,18+,19-/m1/s1. The minimum Gasteiger partial charge on any atom is -0.481 e. The first-order chi connectivity index (χ1) is 16.1. The summed E-state index contributed by atoms with van der Waals surface area (Å²) in [6.45, 7) is 3.21. The quantitative estimate of drug-likeness (QED) is 0.448. The number of allylic oxidation sites excluding steroid dienone is 1. The molecule has 2 aromatic heterocycles. The maximum absolute atomic E-state index is 12.0. The second-order valence-electron chi connectivity index (χ2n) is 8.90. The van der Waals surface area contributed by atoms with Crippen LogP contribution in [0.3, 0.4) is 0 Å². The second kappa shape index (κ2) is 8.14. The summed E-state index contributed by atoms with van der Waals surface area (Å²) in [5, 5.41) is 13.4. The zero-order chi connectivity index (χ0) is 22.5. The molecule has 1 aromatic carbocycles. The zero-order valence-corrected chi connectivity index (χ0v) is 19.5. The first-order valence-corrected chi connectivity index (χ1v) is 12.0. The molecule has 0 amide bonds. The van der Waals surface area contributed by atoms with Crippen molar-refractivity contribution >= 4 is 44.4 Å². The third-order valence-electron chi connectivity index (χ3n) is 7.02. The molecule has 3 aromatic rings. The van der Waals surface area contributed by atoms with Gasteiger partial charge in [0.15, 0.2) is 5.65 Å². The van der Waals surface area contributed by atoms with E-state index in [1.54, 1.807) is 6.20 Å². The summed E-state index contributed by atoms with van der Waals surface area (Å²) >= 11 is 3.61. The number of halogens is 1. The van der Waals surface area contributed by atoms with Crippen molar-refractivity contribution < 1.29 is 14.6 Å². The van der Waals surface area contributed by atoms with E-state index >= 15 is 0 Å². The number of benzene rings is 1. The number of aliphatic carboxylic acids is 1. The van der Waals surface area contributed by atoms with Crippen LogP contribution < -0.4 is 10.2 Å². The van der Waals surface area contributed by atoms with Crippen molar-refractivity contribution in [3.63, 3.8) is 0 Å². The first-order valence-electron chi connectivity index (χ1n) is 11.2. The lowest BCUT2D eigenvalue weighted by Gasteiger charge is -2.29. The molecule has 33 heavy (non-hydrogen) atoms. The molecule has 6 rings (SSSR count). The Labute approximate surface area is 199 Å². The molecule has 9 heteroatoms. The molecule has 0 spiro atoms. The number of hydrogen-bond donors (Lipinski definition) is 3. The van der Waals surface area contributed by atoms with E-state index in [2.05, 4.69) is 60.4 Å². The van der Waals surface area contributed by atoms with Gasteiger partial charge in [-0.05, 0) is 46.3 Å². The lowest BCUT2D eigenvalue weighted by Crippen LogP contribution is -2.37. The highest BCUT2D eigenvalue weighted by Crippen LogP contribution is 2.46. The number of anilines is 2. The Balaban J connectivity index is 1.35. The molecule has 4 atom stereocenters. The van der Waals surface area contributed by atoms with Gasteiger partial charge < -0.3 is 25.0 Å². The molecule has 2 aliphatic carbocycles. The molecule has 2 bridgehead atoms. The van der Waals surface area contributed by atoms with Gasteiger partial charge in [-0.2, -0.15) is 0 Å². The Morgan fingerprint density at radius 2 is 2.06 bits per heavy atom. The smallest absolute Gasteiger partial charge is 0.309 e. The number of pyridine rings is 1. The lowest BCUT2D eigenvalue weighted by atomic mass is 9.89. The van der Waals surface area contributed by atoms with Crippen LogP contribution in [-0.4, -0.2) is 58.4 Å². The fourth-order valence-corrected chi connectivity index (χ4v) is 5.82. The van der Waals surface area contributed by atoms with Crippen LogP contribution in [0.1, 0.15) is 6.42 Å². The third kappa shape index (κ3) is 3.59. The number of rotatable bonds is 5. The average molecular weight is 510 g/mol. The topological polar surface area (TPSA) is 103 Å². The molecule has 3 heterocycles.